The Labute approximate surface area is 169 Å². The molecule has 8 heteroatoms. The van der Waals surface area contributed by atoms with Crippen molar-refractivity contribution in [1.82, 2.24) is 10.6 Å². The normalized spacial score (nSPS) is 11.1. The maximum absolute atomic E-state index is 12.3. The molecule has 2 rings (SSSR count). The highest BCUT2D eigenvalue weighted by molar-refractivity contribution is 5.96. The van der Waals surface area contributed by atoms with Gasteiger partial charge in [0, 0.05) is 31.3 Å². The van der Waals surface area contributed by atoms with Crippen LogP contribution in [0, 0.1) is 0 Å². The molecule has 0 aliphatic carbocycles. The number of nitrogens with one attached hydrogen (secondary N) is 3. The Morgan fingerprint density at radius 3 is 2.07 bits per heavy atom. The average molecular weight is 399 g/mol. The van der Waals surface area contributed by atoms with Crippen LogP contribution in [0.15, 0.2) is 48.5 Å². The number of benzene rings is 2. The highest BCUT2D eigenvalue weighted by atomic mass is 16.5. The molecule has 2 aromatic carbocycles. The van der Waals surface area contributed by atoms with E-state index in [1.807, 2.05) is 0 Å². The molecule has 0 spiro atoms. The molecule has 1 unspecified atom stereocenters. The molecule has 3 amide bonds. The fourth-order valence-corrected chi connectivity index (χ4v) is 2.38. The van der Waals surface area contributed by atoms with Gasteiger partial charge in [-0.2, -0.15) is 0 Å². The highest BCUT2D eigenvalue weighted by Crippen LogP contribution is 2.18. The van der Waals surface area contributed by atoms with Gasteiger partial charge >= 0.3 is 0 Å². The number of anilines is 1. The summed E-state index contributed by atoms with van der Waals surface area (Å²) in [5, 5.41) is 8.04. The van der Waals surface area contributed by atoms with Crippen molar-refractivity contribution in [2.45, 2.75) is 20.0 Å². The molecule has 29 heavy (non-hydrogen) atoms. The zero-order valence-corrected chi connectivity index (χ0v) is 16.7. The van der Waals surface area contributed by atoms with Gasteiger partial charge < -0.3 is 25.4 Å². The Morgan fingerprint density at radius 2 is 1.48 bits per heavy atom. The van der Waals surface area contributed by atoms with Crippen molar-refractivity contribution in [3.63, 3.8) is 0 Å². The molecule has 0 saturated carbocycles. The average Bonchev–Trinajstić information content (AvgIpc) is 2.72. The van der Waals surface area contributed by atoms with Gasteiger partial charge in [0.1, 0.15) is 11.5 Å². The second-order valence-electron chi connectivity index (χ2n) is 6.24. The monoisotopic (exact) mass is 399 g/mol. The molecular weight excluding hydrogens is 374 g/mol. The van der Waals surface area contributed by atoms with E-state index in [1.165, 1.54) is 6.92 Å². The van der Waals surface area contributed by atoms with Crippen molar-refractivity contribution >= 4 is 23.4 Å². The Hall–Kier alpha value is -3.55. The molecule has 0 radical (unpaired) electrons. The summed E-state index contributed by atoms with van der Waals surface area (Å²) in [6.45, 7) is 3.76. The fraction of sp³-hybridized carbons (Fsp3) is 0.286. The SMILES string of the molecule is COc1ccc(OC(C)C(=O)Nc2ccc(C(=O)NCCNC(C)=O)cc2)cc1. The summed E-state index contributed by atoms with van der Waals surface area (Å²) in [5.74, 6) is 0.538. The van der Waals surface area contributed by atoms with Gasteiger partial charge in [0.15, 0.2) is 6.10 Å². The number of carbonyl (C=O) groups excluding carboxylic acids is 3. The number of amides is 3. The number of carbonyl (C=O) groups is 3. The Balaban J connectivity index is 1.83. The van der Waals surface area contributed by atoms with Gasteiger partial charge in [0.2, 0.25) is 5.91 Å². The van der Waals surface area contributed by atoms with E-state index in [4.69, 9.17) is 9.47 Å². The molecule has 0 saturated heterocycles. The van der Waals surface area contributed by atoms with Gasteiger partial charge in [0.05, 0.1) is 7.11 Å². The minimum Gasteiger partial charge on any atom is -0.497 e. The molecule has 3 N–H and O–H groups in total. The first kappa shape index (κ1) is 21.7. The van der Waals surface area contributed by atoms with Crippen LogP contribution in [0.4, 0.5) is 5.69 Å². The smallest absolute Gasteiger partial charge is 0.265 e. The lowest BCUT2D eigenvalue weighted by Crippen LogP contribution is -2.33. The van der Waals surface area contributed by atoms with E-state index in [2.05, 4.69) is 16.0 Å². The van der Waals surface area contributed by atoms with Crippen LogP contribution in [0.3, 0.4) is 0 Å². The molecule has 0 aromatic heterocycles. The van der Waals surface area contributed by atoms with E-state index in [1.54, 1.807) is 62.6 Å². The van der Waals surface area contributed by atoms with Gasteiger partial charge in [-0.15, -0.1) is 0 Å². The number of hydrogen-bond donors (Lipinski definition) is 3. The predicted octanol–water partition coefficient (Wildman–Crippen LogP) is 1.97. The lowest BCUT2D eigenvalue weighted by atomic mass is 10.2. The quantitative estimate of drug-likeness (QED) is 0.559. The van der Waals surface area contributed by atoms with Crippen molar-refractivity contribution in [1.29, 1.82) is 0 Å². The van der Waals surface area contributed by atoms with Gasteiger partial charge in [-0.3, -0.25) is 14.4 Å². The third kappa shape index (κ3) is 7.17. The van der Waals surface area contributed by atoms with Crippen LogP contribution in [-0.2, 0) is 9.59 Å². The first-order valence-electron chi connectivity index (χ1n) is 9.13. The molecule has 2 aromatic rings. The van der Waals surface area contributed by atoms with Gasteiger partial charge in [0.25, 0.3) is 11.8 Å². The maximum atomic E-state index is 12.3. The van der Waals surface area contributed by atoms with Gasteiger partial charge in [-0.05, 0) is 55.5 Å². The minimum absolute atomic E-state index is 0.149. The highest BCUT2D eigenvalue weighted by Gasteiger charge is 2.15. The lowest BCUT2D eigenvalue weighted by Gasteiger charge is -2.15. The van der Waals surface area contributed by atoms with Crippen molar-refractivity contribution in [2.24, 2.45) is 0 Å². The zero-order chi connectivity index (χ0) is 21.2. The number of ether oxygens (including phenoxy) is 2. The second kappa shape index (κ2) is 10.7. The topological polar surface area (TPSA) is 106 Å². The molecular formula is C21H25N3O5. The molecule has 0 aliphatic rings. The molecule has 0 bridgehead atoms. The van der Waals surface area contributed by atoms with E-state index >= 15 is 0 Å². The second-order valence-corrected chi connectivity index (χ2v) is 6.24. The zero-order valence-electron chi connectivity index (χ0n) is 16.7. The van der Waals surface area contributed by atoms with Crippen molar-refractivity contribution in [3.8, 4) is 11.5 Å². The van der Waals surface area contributed by atoms with Crippen LogP contribution in [0.1, 0.15) is 24.2 Å². The Bertz CT molecular complexity index is 834. The number of hydrogen-bond acceptors (Lipinski definition) is 5. The summed E-state index contributed by atoms with van der Waals surface area (Å²) >= 11 is 0. The van der Waals surface area contributed by atoms with Crippen LogP contribution < -0.4 is 25.4 Å². The maximum Gasteiger partial charge on any atom is 0.265 e. The predicted molar refractivity (Wildman–Crippen MR) is 109 cm³/mol. The number of rotatable bonds is 9. The van der Waals surface area contributed by atoms with Crippen LogP contribution in [0.2, 0.25) is 0 Å². The minimum atomic E-state index is -0.708. The molecule has 1 atom stereocenters. The number of methoxy groups -OCH3 is 1. The van der Waals surface area contributed by atoms with Crippen LogP contribution in [-0.4, -0.2) is 44.0 Å². The first-order chi connectivity index (χ1) is 13.9. The van der Waals surface area contributed by atoms with Gasteiger partial charge in [-0.25, -0.2) is 0 Å². The molecule has 0 fully saturated rings. The van der Waals surface area contributed by atoms with E-state index in [-0.39, 0.29) is 17.7 Å². The Morgan fingerprint density at radius 1 is 0.897 bits per heavy atom. The summed E-state index contributed by atoms with van der Waals surface area (Å²) in [7, 11) is 1.58. The van der Waals surface area contributed by atoms with Crippen LogP contribution >= 0.6 is 0 Å². The van der Waals surface area contributed by atoms with Crippen LogP contribution in [0.25, 0.3) is 0 Å². The summed E-state index contributed by atoms with van der Waals surface area (Å²) in [6.07, 6.45) is -0.708. The van der Waals surface area contributed by atoms with Crippen molar-refractivity contribution < 1.29 is 23.9 Å². The first-order valence-corrected chi connectivity index (χ1v) is 9.13. The third-order valence-corrected chi connectivity index (χ3v) is 3.94. The van der Waals surface area contributed by atoms with Crippen molar-refractivity contribution in [2.75, 3.05) is 25.5 Å². The van der Waals surface area contributed by atoms with E-state index in [9.17, 15) is 14.4 Å². The largest absolute Gasteiger partial charge is 0.497 e. The molecule has 0 heterocycles. The fourth-order valence-electron chi connectivity index (χ4n) is 2.38. The molecule has 154 valence electrons. The lowest BCUT2D eigenvalue weighted by molar-refractivity contribution is -0.122. The standard InChI is InChI=1S/C21H25N3O5/c1-14(29-19-10-8-18(28-3)9-11-19)20(26)24-17-6-4-16(5-7-17)21(27)23-13-12-22-15(2)25/h4-11,14H,12-13H2,1-3H3,(H,22,25)(H,23,27)(H,24,26). The summed E-state index contributed by atoms with van der Waals surface area (Å²) in [5.41, 5.74) is 1.00. The molecule has 0 aliphatic heterocycles. The van der Waals surface area contributed by atoms with Crippen LogP contribution in [0.5, 0.6) is 11.5 Å². The van der Waals surface area contributed by atoms with E-state index in [0.29, 0.717) is 35.8 Å². The Kier molecular flexibility index (Phi) is 8.02. The summed E-state index contributed by atoms with van der Waals surface area (Å²) in [6, 6.07) is 13.4. The van der Waals surface area contributed by atoms with Gasteiger partial charge in [-0.1, -0.05) is 0 Å². The summed E-state index contributed by atoms with van der Waals surface area (Å²) in [4.78, 5) is 35.1. The molecule has 8 nitrogen and oxygen atoms in total. The van der Waals surface area contributed by atoms with Crippen molar-refractivity contribution in [3.05, 3.63) is 54.1 Å². The third-order valence-electron chi connectivity index (χ3n) is 3.94. The summed E-state index contributed by atoms with van der Waals surface area (Å²) < 4.78 is 10.7. The van der Waals surface area contributed by atoms with E-state index < -0.39 is 6.10 Å². The van der Waals surface area contributed by atoms with E-state index in [0.717, 1.165) is 0 Å².